The van der Waals surface area contributed by atoms with E-state index in [1.165, 1.54) is 11.8 Å². The summed E-state index contributed by atoms with van der Waals surface area (Å²) in [5, 5.41) is 9.34. The molecule has 0 saturated heterocycles. The van der Waals surface area contributed by atoms with Crippen LogP contribution < -0.4 is 4.74 Å². The van der Waals surface area contributed by atoms with Crippen LogP contribution in [-0.2, 0) is 4.79 Å². The van der Waals surface area contributed by atoms with Gasteiger partial charge in [-0.25, -0.2) is 4.79 Å². The first kappa shape index (κ1) is 17.6. The molecule has 0 saturated carbocycles. The molecule has 3 rings (SSSR count). The number of carbonyl (C=O) groups is 2. The van der Waals surface area contributed by atoms with Crippen LogP contribution in [0.25, 0.3) is 0 Å². The average molecular weight is 359 g/mol. The molecule has 0 bridgehead atoms. The molecule has 0 amide bonds. The van der Waals surface area contributed by atoms with E-state index in [-0.39, 0.29) is 11.9 Å². The number of benzene rings is 1. The molecule has 2 aliphatic rings. The Kier molecular flexibility index (Phi) is 4.90. The lowest BCUT2D eigenvalue weighted by Gasteiger charge is -2.25. The summed E-state index contributed by atoms with van der Waals surface area (Å²) in [5.74, 6) is -0.190. The van der Waals surface area contributed by atoms with E-state index in [1.807, 2.05) is 31.1 Å². The highest BCUT2D eigenvalue weighted by Gasteiger charge is 2.41. The van der Waals surface area contributed by atoms with E-state index in [2.05, 4.69) is 0 Å². The number of aliphatic carboxylic acids is 1. The number of allylic oxidation sites excluding steroid dienone is 1. The van der Waals surface area contributed by atoms with Gasteiger partial charge in [0.2, 0.25) is 0 Å². The molecule has 132 valence electrons. The predicted octanol–water partition coefficient (Wildman–Crippen LogP) is 3.33. The van der Waals surface area contributed by atoms with Crippen molar-refractivity contribution in [2.24, 2.45) is 0 Å². The Labute approximate surface area is 151 Å². The van der Waals surface area contributed by atoms with Gasteiger partial charge in [0.05, 0.1) is 11.7 Å². The van der Waals surface area contributed by atoms with E-state index >= 15 is 0 Å². The van der Waals surface area contributed by atoms with Crippen molar-refractivity contribution in [1.29, 1.82) is 0 Å². The van der Waals surface area contributed by atoms with Crippen molar-refractivity contribution in [3.8, 4) is 5.75 Å². The first-order valence-electron chi connectivity index (χ1n) is 8.22. The summed E-state index contributed by atoms with van der Waals surface area (Å²) in [4.78, 5) is 27.3. The predicted molar refractivity (Wildman–Crippen MR) is 97.9 cm³/mol. The highest BCUT2D eigenvalue weighted by molar-refractivity contribution is 8.02. The lowest BCUT2D eigenvalue weighted by molar-refractivity contribution is -0.132. The fraction of sp³-hybridized carbons (Fsp3) is 0.368. The van der Waals surface area contributed by atoms with Gasteiger partial charge in [0.15, 0.2) is 5.78 Å². The molecule has 1 unspecified atom stereocenters. The third-order valence-corrected chi connectivity index (χ3v) is 5.15. The number of rotatable bonds is 6. The second-order valence-corrected chi connectivity index (χ2v) is 7.20. The number of carboxylic acid groups (broad SMARTS) is 1. The van der Waals surface area contributed by atoms with Crippen molar-refractivity contribution < 1.29 is 19.4 Å². The Morgan fingerprint density at radius 3 is 2.52 bits per heavy atom. The number of thioether (sulfide) groups is 1. The number of carboxylic acids is 1. The van der Waals surface area contributed by atoms with Crippen molar-refractivity contribution in [1.82, 2.24) is 4.90 Å². The lowest BCUT2D eigenvalue weighted by Crippen LogP contribution is -2.36. The molecule has 0 radical (unpaired) electrons. The third kappa shape index (κ3) is 3.31. The summed E-state index contributed by atoms with van der Waals surface area (Å²) in [6.07, 6.45) is 4.30. The summed E-state index contributed by atoms with van der Waals surface area (Å²) in [6, 6.07) is 6.71. The molecule has 0 fully saturated rings. The van der Waals surface area contributed by atoms with Crippen LogP contribution in [0.4, 0.5) is 0 Å². The molecule has 1 aromatic carbocycles. The summed E-state index contributed by atoms with van der Waals surface area (Å²) in [5.41, 5.74) is 1.67. The summed E-state index contributed by atoms with van der Waals surface area (Å²) in [7, 11) is 0. The maximum absolute atomic E-state index is 13.1. The zero-order valence-electron chi connectivity index (χ0n) is 14.5. The maximum Gasteiger partial charge on any atom is 0.333 e. The van der Waals surface area contributed by atoms with Crippen molar-refractivity contribution in [2.75, 3.05) is 12.8 Å². The van der Waals surface area contributed by atoms with Crippen molar-refractivity contribution in [3.05, 3.63) is 52.1 Å². The van der Waals surface area contributed by atoms with Crippen molar-refractivity contribution >= 4 is 23.5 Å². The average Bonchev–Trinajstić information content (AvgIpc) is 3.12. The number of nitrogens with zero attached hydrogens (tertiary/aromatic N) is 1. The second kappa shape index (κ2) is 6.96. The Bertz CT molecular complexity index is 764. The van der Waals surface area contributed by atoms with Gasteiger partial charge in [-0.3, -0.25) is 4.79 Å². The minimum atomic E-state index is -0.905. The van der Waals surface area contributed by atoms with Gasteiger partial charge in [-0.05, 0) is 56.9 Å². The van der Waals surface area contributed by atoms with Crippen LogP contribution in [0.3, 0.4) is 0 Å². The molecule has 1 atom stereocenters. The van der Waals surface area contributed by atoms with E-state index < -0.39 is 12.0 Å². The largest absolute Gasteiger partial charge is 0.491 e. The van der Waals surface area contributed by atoms with Crippen molar-refractivity contribution in [3.63, 3.8) is 0 Å². The van der Waals surface area contributed by atoms with Crippen LogP contribution in [0.1, 0.15) is 30.6 Å². The topological polar surface area (TPSA) is 66.8 Å². The molecule has 2 aliphatic heterocycles. The Morgan fingerprint density at radius 2 is 1.96 bits per heavy atom. The Hall–Kier alpha value is -2.21. The molecule has 1 N–H and O–H groups in total. The number of ketones is 1. The summed E-state index contributed by atoms with van der Waals surface area (Å²) >= 11 is 1.49. The van der Waals surface area contributed by atoms with Gasteiger partial charge in [-0.2, -0.15) is 0 Å². The second-order valence-electron chi connectivity index (χ2n) is 6.32. The van der Waals surface area contributed by atoms with E-state index in [0.717, 1.165) is 10.7 Å². The zero-order chi connectivity index (χ0) is 18.1. The normalized spacial score (nSPS) is 19.3. The number of fused-ring (bicyclic) bond motifs is 1. The van der Waals surface area contributed by atoms with Gasteiger partial charge >= 0.3 is 5.97 Å². The van der Waals surface area contributed by atoms with Gasteiger partial charge in [0.1, 0.15) is 11.8 Å². The highest BCUT2D eigenvalue weighted by atomic mass is 32.2. The van der Waals surface area contributed by atoms with E-state index in [0.29, 0.717) is 29.8 Å². The molecule has 0 aliphatic carbocycles. The van der Waals surface area contributed by atoms with Gasteiger partial charge in [-0.1, -0.05) is 0 Å². The number of carbonyl (C=O) groups excluding carboxylic acids is 1. The van der Waals surface area contributed by atoms with Gasteiger partial charge in [-0.15, -0.1) is 11.8 Å². The highest BCUT2D eigenvalue weighted by Crippen LogP contribution is 2.40. The SMILES string of the molecule is CSC1=CC2=C(C(=O)O)CCN2C1C(=O)c1ccc(OC(C)C)cc1. The van der Waals surface area contributed by atoms with Crippen LogP contribution in [0, 0.1) is 0 Å². The standard InChI is InChI=1S/C19H21NO4S/c1-11(2)24-13-6-4-12(5-7-13)18(21)17-16(25-3)10-15-14(19(22)23)8-9-20(15)17/h4-7,10-11,17H,8-9H2,1-3H3,(H,22,23). The molecule has 1 aromatic rings. The van der Waals surface area contributed by atoms with Crippen LogP contribution in [0.5, 0.6) is 5.75 Å². The van der Waals surface area contributed by atoms with Crippen LogP contribution in [0.2, 0.25) is 0 Å². The minimum absolute atomic E-state index is 0.0154. The lowest BCUT2D eigenvalue weighted by atomic mass is 10.0. The van der Waals surface area contributed by atoms with Crippen LogP contribution in [-0.4, -0.2) is 46.7 Å². The van der Waals surface area contributed by atoms with E-state index in [1.54, 1.807) is 24.3 Å². The number of ether oxygens (including phenoxy) is 1. The van der Waals surface area contributed by atoms with Crippen LogP contribution >= 0.6 is 11.8 Å². The molecule has 0 spiro atoms. The molecular formula is C19H21NO4S. The van der Waals surface area contributed by atoms with E-state index in [4.69, 9.17) is 4.74 Å². The third-order valence-electron chi connectivity index (χ3n) is 4.33. The fourth-order valence-electron chi connectivity index (χ4n) is 3.25. The number of hydrogen-bond acceptors (Lipinski definition) is 5. The molecule has 6 heteroatoms. The molecule has 2 heterocycles. The zero-order valence-corrected chi connectivity index (χ0v) is 15.3. The van der Waals surface area contributed by atoms with Crippen molar-refractivity contribution in [2.45, 2.75) is 32.4 Å². The summed E-state index contributed by atoms with van der Waals surface area (Å²) < 4.78 is 5.62. The van der Waals surface area contributed by atoms with Gasteiger partial charge < -0.3 is 14.7 Å². The first-order valence-corrected chi connectivity index (χ1v) is 9.44. The molecular weight excluding hydrogens is 338 g/mol. The monoisotopic (exact) mass is 359 g/mol. The quantitative estimate of drug-likeness (QED) is 0.786. The Balaban J connectivity index is 1.87. The summed E-state index contributed by atoms with van der Waals surface area (Å²) in [6.45, 7) is 4.46. The molecule has 0 aromatic heterocycles. The van der Waals surface area contributed by atoms with Gasteiger partial charge in [0.25, 0.3) is 0 Å². The smallest absolute Gasteiger partial charge is 0.333 e. The van der Waals surface area contributed by atoms with E-state index in [9.17, 15) is 14.7 Å². The molecule has 5 nitrogen and oxygen atoms in total. The first-order chi connectivity index (χ1) is 11.9. The fourth-order valence-corrected chi connectivity index (χ4v) is 3.93. The maximum atomic E-state index is 13.1. The Morgan fingerprint density at radius 1 is 1.28 bits per heavy atom. The number of hydrogen-bond donors (Lipinski definition) is 1. The van der Waals surface area contributed by atoms with Crippen LogP contribution in [0.15, 0.2) is 46.5 Å². The number of Topliss-reactive ketones (excluding diaryl/α,β-unsaturated/α-hetero) is 1. The minimum Gasteiger partial charge on any atom is -0.491 e. The molecule has 25 heavy (non-hydrogen) atoms. The van der Waals surface area contributed by atoms with Gasteiger partial charge in [0, 0.05) is 22.7 Å².